The van der Waals surface area contributed by atoms with Gasteiger partial charge in [-0.25, -0.2) is 0 Å². The third-order valence-corrected chi connectivity index (χ3v) is 6.63. The summed E-state index contributed by atoms with van der Waals surface area (Å²) in [6, 6.07) is 5.79. The van der Waals surface area contributed by atoms with Crippen molar-refractivity contribution in [1.82, 2.24) is 0 Å². The molecule has 2 aromatic carbocycles. The summed E-state index contributed by atoms with van der Waals surface area (Å²) < 4.78 is 26.8. The number of halogens is 4. The first-order valence-corrected chi connectivity index (χ1v) is 13.0. The van der Waals surface area contributed by atoms with Gasteiger partial charge in [0.05, 0.1) is 0 Å². The Kier molecular flexibility index (Phi) is 8.59. The van der Waals surface area contributed by atoms with Crippen LogP contribution in [0.15, 0.2) is 24.3 Å². The Morgan fingerprint density at radius 2 is 1.32 bits per heavy atom. The smallest absolute Gasteiger partial charge is 0.326 e. The van der Waals surface area contributed by atoms with Gasteiger partial charge in [-0.15, -0.1) is 46.4 Å². The van der Waals surface area contributed by atoms with Crippen LogP contribution in [0, 0.1) is 0 Å². The van der Waals surface area contributed by atoms with Crippen LogP contribution < -0.4 is 23.7 Å². The molecule has 1 N–H and O–H groups in total. The summed E-state index contributed by atoms with van der Waals surface area (Å²) in [5.41, 5.74) is -0.0323. The average Bonchev–Trinajstić information content (AvgIpc) is 3.20. The van der Waals surface area contributed by atoms with Crippen LogP contribution in [0.25, 0.3) is 0 Å². The first-order valence-electron chi connectivity index (χ1n) is 10.9. The monoisotopic (exact) mass is 606 g/mol. The number of fused-ring (bicyclic) bond motifs is 5. The van der Waals surface area contributed by atoms with Crippen molar-refractivity contribution in [2.75, 3.05) is 30.1 Å². The van der Waals surface area contributed by atoms with E-state index in [9.17, 15) is 24.3 Å². The molecule has 1 aliphatic heterocycles. The van der Waals surface area contributed by atoms with Gasteiger partial charge in [0, 0.05) is 17.9 Å². The number of alkyl halides is 4. The van der Waals surface area contributed by atoms with Crippen LogP contribution >= 0.6 is 46.4 Å². The second-order valence-corrected chi connectivity index (χ2v) is 9.31. The van der Waals surface area contributed by atoms with E-state index < -0.39 is 58.9 Å². The highest BCUT2D eigenvalue weighted by Gasteiger charge is 2.51. The Hall–Kier alpha value is -2.76. The predicted molar refractivity (Wildman–Crippen MR) is 134 cm³/mol. The van der Waals surface area contributed by atoms with Crippen LogP contribution in [0.1, 0.15) is 22.6 Å². The molecule has 0 fully saturated rings. The van der Waals surface area contributed by atoms with Crippen molar-refractivity contribution in [1.29, 1.82) is 0 Å². The summed E-state index contributed by atoms with van der Waals surface area (Å²) in [7, 11) is 0. The summed E-state index contributed by atoms with van der Waals surface area (Å²) in [6.45, 7) is -0.259. The Balaban J connectivity index is 1.86. The van der Waals surface area contributed by atoms with Crippen molar-refractivity contribution in [3.63, 3.8) is 0 Å². The summed E-state index contributed by atoms with van der Waals surface area (Å²) in [5.74, 6) is -6.45. The molecule has 2 atom stereocenters. The van der Waals surface area contributed by atoms with Gasteiger partial charge >= 0.3 is 23.9 Å². The lowest BCUT2D eigenvalue weighted by atomic mass is 9.80. The second-order valence-electron chi connectivity index (χ2n) is 8.24. The standard InChI is InChI=1S/C24H18Cl4O10/c25-6-17(29)35-14-2-1-12-21-13-4-16(37-19(31)8-27)15(36-18(30)7-26)3-11(13)5-24(21,33)10-34-22(12)23(14)38-20(32)9-28/h1-4,21,33H,5-10H2/t21-,24+/m0/s1. The molecule has 0 radical (unpaired) electrons. The quantitative estimate of drug-likeness (QED) is 0.271. The topological polar surface area (TPSA) is 135 Å². The molecule has 0 unspecified atom stereocenters. The van der Waals surface area contributed by atoms with Gasteiger partial charge in [-0.3, -0.25) is 19.2 Å². The number of carbonyl (C=O) groups excluding carboxylic acids is 4. The van der Waals surface area contributed by atoms with Crippen LogP contribution in [0.3, 0.4) is 0 Å². The zero-order valence-corrected chi connectivity index (χ0v) is 22.3. The number of carbonyl (C=O) groups is 4. The highest BCUT2D eigenvalue weighted by molar-refractivity contribution is 6.27. The Labute approximate surface area is 235 Å². The fraction of sp³-hybridized carbons (Fsp3) is 0.333. The molecule has 0 amide bonds. The molecule has 38 heavy (non-hydrogen) atoms. The lowest BCUT2D eigenvalue weighted by Gasteiger charge is -2.37. The van der Waals surface area contributed by atoms with Gasteiger partial charge in [0.15, 0.2) is 23.0 Å². The van der Waals surface area contributed by atoms with E-state index in [4.69, 9.17) is 70.1 Å². The molecular weight excluding hydrogens is 590 g/mol. The SMILES string of the molecule is O=C(CCl)Oc1cc2c(cc1OC(=O)CCl)[C@@H]1c3ccc(OC(=O)CCl)c(OC(=O)CCl)c3OC[C@]1(O)C2. The molecule has 0 saturated carbocycles. The summed E-state index contributed by atoms with van der Waals surface area (Å²) in [5, 5.41) is 11.6. The lowest BCUT2D eigenvalue weighted by Crippen LogP contribution is -2.44. The molecule has 10 nitrogen and oxygen atoms in total. The molecular formula is C24H18Cl4O10. The summed E-state index contributed by atoms with van der Waals surface area (Å²) in [4.78, 5) is 47.7. The second kappa shape index (κ2) is 11.5. The van der Waals surface area contributed by atoms with E-state index in [1.807, 2.05) is 0 Å². The van der Waals surface area contributed by atoms with Gasteiger partial charge in [0.25, 0.3) is 0 Å². The Morgan fingerprint density at radius 1 is 0.789 bits per heavy atom. The minimum atomic E-state index is -1.49. The van der Waals surface area contributed by atoms with E-state index in [1.54, 1.807) is 0 Å². The van der Waals surface area contributed by atoms with Gasteiger partial charge in [-0.1, -0.05) is 6.07 Å². The number of hydrogen-bond donors (Lipinski definition) is 1. The van der Waals surface area contributed by atoms with Crippen molar-refractivity contribution in [3.8, 4) is 28.7 Å². The van der Waals surface area contributed by atoms with Crippen molar-refractivity contribution in [2.45, 2.75) is 17.9 Å². The highest BCUT2D eigenvalue weighted by atomic mass is 35.5. The number of benzene rings is 2. The molecule has 4 rings (SSSR count). The zero-order chi connectivity index (χ0) is 27.6. The maximum atomic E-state index is 12.1. The third kappa shape index (κ3) is 5.50. The first kappa shape index (κ1) is 28.3. The molecule has 2 aliphatic rings. The highest BCUT2D eigenvalue weighted by Crippen LogP contribution is 2.56. The first-order chi connectivity index (χ1) is 18.1. The molecule has 1 heterocycles. The fourth-order valence-electron chi connectivity index (χ4n) is 4.41. The Bertz CT molecular complexity index is 1310. The van der Waals surface area contributed by atoms with E-state index in [0.717, 1.165) is 0 Å². The van der Waals surface area contributed by atoms with Gasteiger partial charge in [-0.2, -0.15) is 0 Å². The lowest BCUT2D eigenvalue weighted by molar-refractivity contribution is -0.134. The van der Waals surface area contributed by atoms with Crippen molar-refractivity contribution >= 4 is 70.3 Å². The molecule has 14 heteroatoms. The maximum absolute atomic E-state index is 12.1. The molecule has 0 saturated heterocycles. The normalized spacial score (nSPS) is 18.8. The molecule has 1 aliphatic carbocycles. The number of hydrogen-bond acceptors (Lipinski definition) is 10. The minimum Gasteiger partial charge on any atom is -0.486 e. The van der Waals surface area contributed by atoms with Crippen LogP contribution in [0.5, 0.6) is 28.7 Å². The number of esters is 4. The van der Waals surface area contributed by atoms with E-state index in [1.165, 1.54) is 24.3 Å². The van der Waals surface area contributed by atoms with Gasteiger partial charge in [-0.05, 0) is 29.3 Å². The third-order valence-electron chi connectivity index (χ3n) is 5.76. The van der Waals surface area contributed by atoms with E-state index in [0.29, 0.717) is 16.7 Å². The number of rotatable bonds is 8. The van der Waals surface area contributed by atoms with Crippen molar-refractivity contribution < 1.29 is 48.0 Å². The molecule has 2 aromatic rings. The van der Waals surface area contributed by atoms with E-state index in [2.05, 4.69) is 0 Å². The van der Waals surface area contributed by atoms with Crippen LogP contribution in [0.4, 0.5) is 0 Å². The van der Waals surface area contributed by atoms with Crippen LogP contribution in [0.2, 0.25) is 0 Å². The van der Waals surface area contributed by atoms with Crippen molar-refractivity contribution in [3.05, 3.63) is 41.0 Å². The zero-order valence-electron chi connectivity index (χ0n) is 19.3. The fourth-order valence-corrected chi connectivity index (χ4v) is 4.63. The van der Waals surface area contributed by atoms with Crippen LogP contribution in [-0.2, 0) is 25.6 Å². The molecule has 0 spiro atoms. The maximum Gasteiger partial charge on any atom is 0.326 e. The summed E-state index contributed by atoms with van der Waals surface area (Å²) >= 11 is 22.3. The largest absolute Gasteiger partial charge is 0.486 e. The van der Waals surface area contributed by atoms with E-state index >= 15 is 0 Å². The van der Waals surface area contributed by atoms with Gasteiger partial charge in [0.2, 0.25) is 5.75 Å². The minimum absolute atomic E-state index is 0.0304. The average molecular weight is 608 g/mol. The van der Waals surface area contributed by atoms with Gasteiger partial charge in [0.1, 0.15) is 35.7 Å². The van der Waals surface area contributed by atoms with Crippen LogP contribution in [-0.4, -0.2) is 64.7 Å². The Morgan fingerprint density at radius 3 is 1.89 bits per heavy atom. The number of aliphatic hydroxyl groups is 1. The molecule has 0 aromatic heterocycles. The molecule has 0 bridgehead atoms. The van der Waals surface area contributed by atoms with E-state index in [-0.39, 0.29) is 41.8 Å². The molecule has 202 valence electrons. The van der Waals surface area contributed by atoms with Gasteiger partial charge < -0.3 is 28.8 Å². The van der Waals surface area contributed by atoms with Crippen molar-refractivity contribution in [2.24, 2.45) is 0 Å². The number of ether oxygens (including phenoxy) is 5. The predicted octanol–water partition coefficient (Wildman–Crippen LogP) is 3.07. The summed E-state index contributed by atoms with van der Waals surface area (Å²) in [6.07, 6.45) is 0.0708.